The van der Waals surface area contributed by atoms with Gasteiger partial charge in [-0.1, -0.05) is 0 Å². The van der Waals surface area contributed by atoms with Gasteiger partial charge in [-0.05, 0) is 39.8 Å². The molecule has 8 heteroatoms. The number of phenolic OH excluding ortho intramolecular Hbond substituents is 2. The highest BCUT2D eigenvalue weighted by atomic mass is 16.5. The number of nitrogens with one attached hydrogen (secondary N) is 1. The van der Waals surface area contributed by atoms with Crippen LogP contribution in [0.25, 0.3) is 0 Å². The molecule has 8 nitrogen and oxygen atoms in total. The lowest BCUT2D eigenvalue weighted by Crippen LogP contribution is -2.41. The Morgan fingerprint density at radius 2 is 1.90 bits per heavy atom. The summed E-state index contributed by atoms with van der Waals surface area (Å²) in [6, 6.07) is 3.48. The summed E-state index contributed by atoms with van der Waals surface area (Å²) in [5.74, 6) is -1.88. The topological polar surface area (TPSA) is 126 Å². The van der Waals surface area contributed by atoms with Crippen LogP contribution >= 0.6 is 0 Å². The Hall–Kier alpha value is -3.81. The highest BCUT2D eigenvalue weighted by Gasteiger charge is 2.56. The van der Waals surface area contributed by atoms with Crippen LogP contribution in [0.4, 0.5) is 0 Å². The molecule has 1 atom stereocenters. The fourth-order valence-electron chi connectivity index (χ4n) is 4.08. The number of hydrogen-bond acceptors (Lipinski definition) is 8. The van der Waals surface area contributed by atoms with Gasteiger partial charge in [-0.3, -0.25) is 14.4 Å². The molecular formula is C23H21NO7. The average Bonchev–Trinajstić information content (AvgIpc) is 3.31. The van der Waals surface area contributed by atoms with Crippen LogP contribution in [0.1, 0.15) is 48.0 Å². The molecule has 0 saturated carbocycles. The van der Waals surface area contributed by atoms with E-state index in [1.165, 1.54) is 33.1 Å². The number of Topliss-reactive ketones (excluding diaryl/α,β-unsaturated/α-hetero) is 2. The van der Waals surface area contributed by atoms with Gasteiger partial charge in [0, 0.05) is 17.3 Å². The predicted molar refractivity (Wildman–Crippen MR) is 109 cm³/mol. The first-order chi connectivity index (χ1) is 14.6. The molecule has 2 heterocycles. The molecule has 2 aromatic rings. The molecule has 1 aliphatic heterocycles. The normalized spacial score (nSPS) is 21.2. The fraction of sp³-hybridized carbons (Fsp3) is 0.261. The average molecular weight is 423 g/mol. The van der Waals surface area contributed by atoms with Gasteiger partial charge in [-0.15, -0.1) is 0 Å². The second-order valence-corrected chi connectivity index (χ2v) is 7.82. The fourth-order valence-corrected chi connectivity index (χ4v) is 4.08. The van der Waals surface area contributed by atoms with Gasteiger partial charge in [0.05, 0.1) is 23.9 Å². The Morgan fingerprint density at radius 1 is 1.19 bits per heavy atom. The van der Waals surface area contributed by atoms with Crippen LogP contribution in [0.5, 0.6) is 17.2 Å². The molecule has 0 bridgehead atoms. The first-order valence-electron chi connectivity index (χ1n) is 9.65. The van der Waals surface area contributed by atoms with Crippen LogP contribution in [-0.4, -0.2) is 27.6 Å². The van der Waals surface area contributed by atoms with E-state index in [4.69, 9.17) is 9.15 Å². The Kier molecular flexibility index (Phi) is 4.53. The minimum Gasteiger partial charge on any atom is -0.507 e. The third-order valence-corrected chi connectivity index (χ3v) is 5.87. The van der Waals surface area contributed by atoms with Crippen molar-refractivity contribution in [3.8, 4) is 17.2 Å². The van der Waals surface area contributed by atoms with Gasteiger partial charge in [0.15, 0.2) is 17.3 Å². The summed E-state index contributed by atoms with van der Waals surface area (Å²) < 4.78 is 11.0. The molecule has 1 aliphatic carbocycles. The standard InChI is InChI=1S/C23H21NO7/c1-10-19(27)17(12(3)25)21-18(20(10)28)23(4)15(31-21)8-14(26)16(22(23)29)11(2)24-9-13-6-5-7-30-13/h5-8,24,27-28H,9H2,1-4H3. The quantitative estimate of drug-likeness (QED) is 0.389. The van der Waals surface area contributed by atoms with E-state index in [0.717, 1.165) is 0 Å². The van der Waals surface area contributed by atoms with Crippen molar-refractivity contribution in [1.82, 2.24) is 5.32 Å². The van der Waals surface area contributed by atoms with Crippen molar-refractivity contribution in [3.63, 3.8) is 0 Å². The Morgan fingerprint density at radius 3 is 2.52 bits per heavy atom. The second-order valence-electron chi connectivity index (χ2n) is 7.82. The number of fused-ring (bicyclic) bond motifs is 3. The van der Waals surface area contributed by atoms with E-state index < -0.39 is 28.5 Å². The van der Waals surface area contributed by atoms with Crippen LogP contribution in [0.3, 0.4) is 0 Å². The number of benzene rings is 1. The van der Waals surface area contributed by atoms with E-state index in [2.05, 4.69) is 5.32 Å². The summed E-state index contributed by atoms with van der Waals surface area (Å²) in [4.78, 5) is 38.6. The van der Waals surface area contributed by atoms with Crippen molar-refractivity contribution in [1.29, 1.82) is 0 Å². The number of phenols is 2. The van der Waals surface area contributed by atoms with Gasteiger partial charge >= 0.3 is 0 Å². The van der Waals surface area contributed by atoms with Crippen molar-refractivity contribution >= 4 is 17.3 Å². The van der Waals surface area contributed by atoms with Crippen molar-refractivity contribution in [2.45, 2.75) is 39.7 Å². The van der Waals surface area contributed by atoms with Gasteiger partial charge < -0.3 is 24.7 Å². The molecule has 3 N–H and O–H groups in total. The number of rotatable bonds is 4. The van der Waals surface area contributed by atoms with E-state index in [-0.39, 0.29) is 46.1 Å². The van der Waals surface area contributed by atoms with E-state index in [1.54, 1.807) is 19.1 Å². The molecular weight excluding hydrogens is 402 g/mol. The van der Waals surface area contributed by atoms with Gasteiger partial charge in [0.25, 0.3) is 0 Å². The molecule has 1 unspecified atom stereocenters. The first-order valence-corrected chi connectivity index (χ1v) is 9.65. The molecule has 1 aromatic carbocycles. The molecule has 160 valence electrons. The zero-order valence-electron chi connectivity index (χ0n) is 17.5. The second kappa shape index (κ2) is 6.87. The molecule has 0 fully saturated rings. The highest BCUT2D eigenvalue weighted by molar-refractivity contribution is 6.31. The summed E-state index contributed by atoms with van der Waals surface area (Å²) in [6.45, 7) is 6.09. The third kappa shape index (κ3) is 2.78. The number of aromatic hydroxyl groups is 2. The van der Waals surface area contributed by atoms with E-state index in [9.17, 15) is 24.6 Å². The molecule has 31 heavy (non-hydrogen) atoms. The number of furan rings is 1. The summed E-state index contributed by atoms with van der Waals surface area (Å²) in [7, 11) is 0. The van der Waals surface area contributed by atoms with Gasteiger partial charge in [0.1, 0.15) is 39.7 Å². The van der Waals surface area contributed by atoms with Crippen molar-refractivity contribution < 1.29 is 33.8 Å². The van der Waals surface area contributed by atoms with Crippen LogP contribution in [0.15, 0.2) is 45.9 Å². The lowest BCUT2D eigenvalue weighted by molar-refractivity contribution is -0.123. The summed E-state index contributed by atoms with van der Waals surface area (Å²) in [5, 5.41) is 24.2. The van der Waals surface area contributed by atoms with E-state index >= 15 is 0 Å². The Labute approximate surface area is 177 Å². The smallest absolute Gasteiger partial charge is 0.194 e. The Bertz CT molecular complexity index is 1220. The molecule has 2 aliphatic rings. The zero-order valence-corrected chi connectivity index (χ0v) is 17.5. The number of allylic oxidation sites excluding steroid dienone is 4. The predicted octanol–water partition coefficient (Wildman–Crippen LogP) is 2.95. The lowest BCUT2D eigenvalue weighted by atomic mass is 9.70. The van der Waals surface area contributed by atoms with Crippen molar-refractivity contribution in [3.05, 3.63) is 64.0 Å². The number of carbonyl (C=O) groups excluding carboxylic acids is 3. The van der Waals surface area contributed by atoms with Gasteiger partial charge in [0.2, 0.25) is 0 Å². The minimum absolute atomic E-state index is 0.00267. The molecule has 0 saturated heterocycles. The number of hydrogen-bond donors (Lipinski definition) is 3. The van der Waals surface area contributed by atoms with Gasteiger partial charge in [-0.25, -0.2) is 0 Å². The third-order valence-electron chi connectivity index (χ3n) is 5.87. The maximum atomic E-state index is 13.6. The van der Waals surface area contributed by atoms with Crippen LogP contribution in [-0.2, 0) is 21.5 Å². The maximum Gasteiger partial charge on any atom is 0.194 e. The first kappa shape index (κ1) is 20.5. The molecule has 4 rings (SSSR count). The zero-order chi connectivity index (χ0) is 22.7. The summed E-state index contributed by atoms with van der Waals surface area (Å²) in [6.07, 6.45) is 2.71. The van der Waals surface area contributed by atoms with Crippen LogP contribution < -0.4 is 10.1 Å². The lowest BCUT2D eigenvalue weighted by Gasteiger charge is -2.29. The van der Waals surface area contributed by atoms with Crippen molar-refractivity contribution in [2.75, 3.05) is 0 Å². The molecule has 0 radical (unpaired) electrons. The number of ether oxygens (including phenoxy) is 1. The monoisotopic (exact) mass is 423 g/mol. The van der Waals surface area contributed by atoms with E-state index in [1.807, 2.05) is 0 Å². The summed E-state index contributed by atoms with van der Waals surface area (Å²) in [5.41, 5.74) is -1.29. The van der Waals surface area contributed by atoms with Gasteiger partial charge in [-0.2, -0.15) is 0 Å². The SMILES string of the molecule is CC(=O)c1c(O)c(C)c(O)c2c1OC1=CC(=O)C(=C(C)NCc3ccco3)C(=O)C12C. The summed E-state index contributed by atoms with van der Waals surface area (Å²) >= 11 is 0. The van der Waals surface area contributed by atoms with Crippen molar-refractivity contribution in [2.24, 2.45) is 0 Å². The minimum atomic E-state index is -1.53. The Balaban J connectivity index is 1.87. The largest absolute Gasteiger partial charge is 0.507 e. The molecule has 0 amide bonds. The van der Waals surface area contributed by atoms with Crippen LogP contribution in [0.2, 0.25) is 0 Å². The number of carbonyl (C=O) groups is 3. The maximum absolute atomic E-state index is 13.6. The number of ketones is 3. The van der Waals surface area contributed by atoms with E-state index in [0.29, 0.717) is 11.5 Å². The molecule has 1 aromatic heterocycles. The highest BCUT2D eigenvalue weighted by Crippen LogP contribution is 2.57. The molecule has 0 spiro atoms. The van der Waals surface area contributed by atoms with Crippen LogP contribution in [0, 0.1) is 6.92 Å².